The molecule has 20 heavy (non-hydrogen) atoms. The minimum atomic E-state index is -4.66. The highest BCUT2D eigenvalue weighted by Gasteiger charge is 2.31. The van der Waals surface area contributed by atoms with Crippen LogP contribution in [0.15, 0.2) is 12.1 Å². The minimum Gasteiger partial charge on any atom is -0.404 e. The maximum absolute atomic E-state index is 11.3. The van der Waals surface area contributed by atoms with E-state index >= 15 is 0 Å². The molecule has 5 nitrogen and oxygen atoms in total. The third-order valence-corrected chi connectivity index (χ3v) is 3.52. The van der Waals surface area contributed by atoms with E-state index < -0.39 is 13.2 Å². The molecule has 0 atom stereocenters. The summed E-state index contributed by atoms with van der Waals surface area (Å²) in [5.41, 5.74) is 1.60. The van der Waals surface area contributed by atoms with Crippen molar-refractivity contribution in [1.82, 2.24) is 0 Å². The Kier molecular flexibility index (Phi) is 5.08. The highest BCUT2D eigenvalue weighted by molar-refractivity contribution is 7.96. The van der Waals surface area contributed by atoms with Gasteiger partial charge in [0.05, 0.1) is 0 Å². The largest absolute Gasteiger partial charge is 0.524 e. The molecule has 0 spiro atoms. The summed E-state index contributed by atoms with van der Waals surface area (Å²) >= 11 is 3.78. The average molecular weight is 318 g/mol. The predicted octanol–water partition coefficient (Wildman–Crippen LogP) is 2.90. The lowest BCUT2D eigenvalue weighted by Gasteiger charge is -2.28. The second-order valence-corrected chi connectivity index (χ2v) is 7.15. The van der Waals surface area contributed by atoms with Gasteiger partial charge in [-0.2, -0.15) is 0 Å². The molecule has 0 aliphatic heterocycles. The standard InChI is InChI=1S/C13H19O5PS/c1-8-5-9(2)12(13(3,4)7-11(14)20)10(6-8)18-19(15,16)17/h5-6H,7H2,1-4H3,(H,14,20)(H2,15,16,17). The van der Waals surface area contributed by atoms with Crippen LogP contribution in [-0.4, -0.2) is 14.9 Å². The maximum atomic E-state index is 11.3. The van der Waals surface area contributed by atoms with Crippen molar-refractivity contribution in [3.8, 4) is 5.75 Å². The molecule has 0 bridgehead atoms. The SMILES string of the molecule is Cc1cc(C)c(C(C)(C)CC(=O)S)c(OP(=O)(O)O)c1. The van der Waals surface area contributed by atoms with Crippen molar-refractivity contribution in [1.29, 1.82) is 0 Å². The van der Waals surface area contributed by atoms with E-state index in [1.807, 2.05) is 26.8 Å². The van der Waals surface area contributed by atoms with E-state index in [-0.39, 0.29) is 17.3 Å². The number of phosphoric acid groups is 1. The first-order chi connectivity index (χ1) is 8.92. The summed E-state index contributed by atoms with van der Waals surface area (Å²) in [5.74, 6) is 0.107. The Labute approximate surface area is 124 Å². The van der Waals surface area contributed by atoms with E-state index in [2.05, 4.69) is 12.6 Å². The van der Waals surface area contributed by atoms with Gasteiger partial charge in [0, 0.05) is 17.4 Å². The Morgan fingerprint density at radius 3 is 2.35 bits per heavy atom. The quantitative estimate of drug-likeness (QED) is 0.574. The molecule has 7 heteroatoms. The fourth-order valence-electron chi connectivity index (χ4n) is 2.46. The van der Waals surface area contributed by atoms with Gasteiger partial charge in [0.1, 0.15) is 5.75 Å². The van der Waals surface area contributed by atoms with Crippen molar-refractivity contribution in [2.45, 2.75) is 39.5 Å². The third-order valence-electron chi connectivity index (χ3n) is 2.93. The van der Waals surface area contributed by atoms with E-state index in [4.69, 9.17) is 14.3 Å². The molecule has 0 unspecified atom stereocenters. The molecular formula is C13H19O5PS. The molecule has 0 aromatic heterocycles. The van der Waals surface area contributed by atoms with Gasteiger partial charge in [-0.05, 0) is 31.0 Å². The number of hydrogen-bond donors (Lipinski definition) is 3. The van der Waals surface area contributed by atoms with Gasteiger partial charge in [-0.25, -0.2) is 4.57 Å². The van der Waals surface area contributed by atoms with Gasteiger partial charge in [0.25, 0.3) is 0 Å². The normalized spacial score (nSPS) is 12.3. The molecular weight excluding hydrogens is 299 g/mol. The van der Waals surface area contributed by atoms with Gasteiger partial charge in [0.15, 0.2) is 5.12 Å². The number of hydrogen-bond acceptors (Lipinski definition) is 3. The Hall–Kier alpha value is -0.810. The van der Waals surface area contributed by atoms with E-state index in [9.17, 15) is 9.36 Å². The molecule has 112 valence electrons. The summed E-state index contributed by atoms with van der Waals surface area (Å²) in [6.45, 7) is 7.25. The second kappa shape index (κ2) is 5.90. The van der Waals surface area contributed by atoms with Crippen LogP contribution >= 0.6 is 20.5 Å². The zero-order valence-corrected chi connectivity index (χ0v) is 13.7. The van der Waals surface area contributed by atoms with Crippen LogP contribution in [0.25, 0.3) is 0 Å². The number of carbonyl (C=O) groups excluding carboxylic acids is 1. The summed E-state index contributed by atoms with van der Waals surface area (Å²) in [6.07, 6.45) is 0.136. The molecule has 0 heterocycles. The smallest absolute Gasteiger partial charge is 0.404 e. The van der Waals surface area contributed by atoms with Gasteiger partial charge in [-0.15, -0.1) is 12.6 Å². The number of phosphoric ester groups is 1. The summed E-state index contributed by atoms with van der Waals surface area (Å²) in [5, 5.41) is -0.294. The Morgan fingerprint density at radius 1 is 1.35 bits per heavy atom. The van der Waals surface area contributed by atoms with Crippen LogP contribution in [-0.2, 0) is 14.8 Å². The lowest BCUT2D eigenvalue weighted by Crippen LogP contribution is -2.22. The summed E-state index contributed by atoms with van der Waals surface area (Å²) in [6, 6.07) is 3.44. The zero-order valence-electron chi connectivity index (χ0n) is 11.9. The monoisotopic (exact) mass is 318 g/mol. The van der Waals surface area contributed by atoms with E-state index in [0.29, 0.717) is 5.56 Å². The van der Waals surface area contributed by atoms with E-state index in [1.54, 1.807) is 13.0 Å². The van der Waals surface area contributed by atoms with Gasteiger partial charge < -0.3 is 4.52 Å². The highest BCUT2D eigenvalue weighted by atomic mass is 32.1. The maximum Gasteiger partial charge on any atom is 0.524 e. The second-order valence-electron chi connectivity index (χ2n) is 5.49. The van der Waals surface area contributed by atoms with E-state index in [0.717, 1.165) is 11.1 Å². The van der Waals surface area contributed by atoms with Gasteiger partial charge in [-0.3, -0.25) is 14.6 Å². The van der Waals surface area contributed by atoms with Crippen molar-refractivity contribution in [2.24, 2.45) is 0 Å². The predicted molar refractivity (Wildman–Crippen MR) is 80.2 cm³/mol. The van der Waals surface area contributed by atoms with Crippen LogP contribution in [0.2, 0.25) is 0 Å². The first-order valence-electron chi connectivity index (χ1n) is 6.01. The minimum absolute atomic E-state index is 0.107. The fourth-order valence-corrected chi connectivity index (χ4v) is 3.26. The average Bonchev–Trinajstić information content (AvgIpc) is 2.08. The van der Waals surface area contributed by atoms with Crippen LogP contribution in [0.5, 0.6) is 5.75 Å². The van der Waals surface area contributed by atoms with Crippen molar-refractivity contribution in [3.05, 3.63) is 28.8 Å². The molecule has 1 rings (SSSR count). The summed E-state index contributed by atoms with van der Waals surface area (Å²) < 4.78 is 15.9. The lowest BCUT2D eigenvalue weighted by molar-refractivity contribution is -0.111. The summed E-state index contributed by atoms with van der Waals surface area (Å²) in [7, 11) is -4.66. The first kappa shape index (κ1) is 17.2. The van der Waals surface area contributed by atoms with Gasteiger partial charge >= 0.3 is 7.82 Å². The molecule has 2 N–H and O–H groups in total. The Balaban J connectivity index is 3.43. The number of carbonyl (C=O) groups is 1. The third kappa shape index (κ3) is 4.63. The van der Waals surface area contributed by atoms with Crippen LogP contribution in [0.4, 0.5) is 0 Å². The first-order valence-corrected chi connectivity index (χ1v) is 7.99. The van der Waals surface area contributed by atoms with Crippen molar-refractivity contribution >= 4 is 25.6 Å². The van der Waals surface area contributed by atoms with Crippen molar-refractivity contribution < 1.29 is 23.7 Å². The highest BCUT2D eigenvalue weighted by Crippen LogP contribution is 2.45. The van der Waals surface area contributed by atoms with E-state index in [1.165, 1.54) is 0 Å². The molecule has 0 saturated heterocycles. The topological polar surface area (TPSA) is 83.8 Å². The molecule has 0 amide bonds. The molecule has 0 aliphatic carbocycles. The number of rotatable bonds is 5. The van der Waals surface area contributed by atoms with Crippen molar-refractivity contribution in [2.75, 3.05) is 0 Å². The number of thiol groups is 1. The number of aryl methyl sites for hydroxylation is 2. The Bertz CT molecular complexity index is 576. The molecule has 1 aromatic rings. The summed E-state index contributed by atoms with van der Waals surface area (Å²) in [4.78, 5) is 29.3. The van der Waals surface area contributed by atoms with Crippen LogP contribution in [0.3, 0.4) is 0 Å². The van der Waals surface area contributed by atoms with Crippen molar-refractivity contribution in [3.63, 3.8) is 0 Å². The zero-order chi connectivity index (χ0) is 15.7. The molecule has 1 aromatic carbocycles. The number of benzene rings is 1. The van der Waals surface area contributed by atoms with Gasteiger partial charge in [0.2, 0.25) is 0 Å². The Morgan fingerprint density at radius 2 is 1.90 bits per heavy atom. The van der Waals surface area contributed by atoms with Crippen LogP contribution in [0, 0.1) is 13.8 Å². The van der Waals surface area contributed by atoms with Crippen LogP contribution in [0.1, 0.15) is 37.0 Å². The molecule has 0 saturated carbocycles. The fraction of sp³-hybridized carbons (Fsp3) is 0.462. The molecule has 0 aliphatic rings. The molecule has 0 radical (unpaired) electrons. The molecule has 0 fully saturated rings. The van der Waals surface area contributed by atoms with Crippen LogP contribution < -0.4 is 4.52 Å². The lowest BCUT2D eigenvalue weighted by atomic mass is 9.78. The van der Waals surface area contributed by atoms with Gasteiger partial charge in [-0.1, -0.05) is 19.9 Å².